The lowest BCUT2D eigenvalue weighted by Gasteiger charge is -2.10. The van der Waals surface area contributed by atoms with Crippen LogP contribution in [0.25, 0.3) is 11.0 Å². The second-order valence-electron chi connectivity index (χ2n) is 6.24. The standard InChI is InChI=1S/C19H20N6O2S/c1-26-14-7-10-8-16(28-19-22-12-5-3-4-6-13(12)23-19)17(24-25-18(20)21)11(10)9-15(14)27-2/h3-7,9,16H,8H2,1-2H3,(H,22,23)(H4,20,21,25)/b24-17+. The zero-order valence-corrected chi connectivity index (χ0v) is 16.3. The van der Waals surface area contributed by atoms with Gasteiger partial charge in [0.15, 0.2) is 16.7 Å². The van der Waals surface area contributed by atoms with Gasteiger partial charge in [-0.25, -0.2) is 4.98 Å². The molecule has 3 aromatic rings. The van der Waals surface area contributed by atoms with Crippen LogP contribution in [0.5, 0.6) is 11.5 Å². The molecule has 0 radical (unpaired) electrons. The molecular formula is C19H20N6O2S. The molecule has 1 atom stereocenters. The SMILES string of the molecule is COc1cc2c(cc1OC)/C(=N\N=C(N)N)C(Sc1nc3ccccc3[nH]1)C2. The van der Waals surface area contributed by atoms with Crippen molar-refractivity contribution in [2.24, 2.45) is 21.7 Å². The third kappa shape index (κ3) is 3.36. The molecule has 0 fully saturated rings. The Hall–Kier alpha value is -3.20. The van der Waals surface area contributed by atoms with E-state index in [-0.39, 0.29) is 11.2 Å². The molecule has 4 rings (SSSR count). The molecule has 1 aliphatic carbocycles. The van der Waals surface area contributed by atoms with Crippen LogP contribution in [0.15, 0.2) is 51.8 Å². The number of hydrogen-bond donors (Lipinski definition) is 3. The van der Waals surface area contributed by atoms with Crippen molar-refractivity contribution in [3.63, 3.8) is 0 Å². The molecular weight excluding hydrogens is 376 g/mol. The number of nitrogens with zero attached hydrogens (tertiary/aromatic N) is 3. The summed E-state index contributed by atoms with van der Waals surface area (Å²) in [6, 6.07) is 11.8. The second-order valence-corrected chi connectivity index (χ2v) is 7.44. The predicted molar refractivity (Wildman–Crippen MR) is 111 cm³/mol. The predicted octanol–water partition coefficient (Wildman–Crippen LogP) is 2.27. The number of para-hydroxylation sites is 2. The molecule has 9 heteroatoms. The summed E-state index contributed by atoms with van der Waals surface area (Å²) in [5, 5.41) is 9.02. The smallest absolute Gasteiger partial charge is 0.211 e. The van der Waals surface area contributed by atoms with Crippen LogP contribution in [0.1, 0.15) is 11.1 Å². The molecule has 0 spiro atoms. The summed E-state index contributed by atoms with van der Waals surface area (Å²) in [6.45, 7) is 0. The lowest BCUT2D eigenvalue weighted by molar-refractivity contribution is 0.354. The summed E-state index contributed by atoms with van der Waals surface area (Å²) >= 11 is 1.59. The Morgan fingerprint density at radius 1 is 1.18 bits per heavy atom. The van der Waals surface area contributed by atoms with Crippen molar-refractivity contribution in [2.45, 2.75) is 16.8 Å². The van der Waals surface area contributed by atoms with E-state index in [4.69, 9.17) is 20.9 Å². The third-order valence-electron chi connectivity index (χ3n) is 4.49. The number of aromatic nitrogens is 2. The summed E-state index contributed by atoms with van der Waals surface area (Å²) in [4.78, 5) is 8.00. The molecule has 0 aliphatic heterocycles. The normalized spacial score (nSPS) is 16.9. The Morgan fingerprint density at radius 3 is 2.64 bits per heavy atom. The van der Waals surface area contributed by atoms with Gasteiger partial charge < -0.3 is 25.9 Å². The molecule has 144 valence electrons. The van der Waals surface area contributed by atoms with Crippen molar-refractivity contribution < 1.29 is 9.47 Å². The number of rotatable bonds is 5. The summed E-state index contributed by atoms with van der Waals surface area (Å²) < 4.78 is 10.9. The van der Waals surface area contributed by atoms with Crippen molar-refractivity contribution in [1.29, 1.82) is 0 Å². The number of benzene rings is 2. The minimum absolute atomic E-state index is 0.00419. The van der Waals surface area contributed by atoms with E-state index in [0.29, 0.717) is 11.5 Å². The number of aromatic amines is 1. The van der Waals surface area contributed by atoms with Crippen molar-refractivity contribution in [3.05, 3.63) is 47.5 Å². The number of methoxy groups -OCH3 is 2. The highest BCUT2D eigenvalue weighted by Gasteiger charge is 2.32. The van der Waals surface area contributed by atoms with E-state index >= 15 is 0 Å². The van der Waals surface area contributed by atoms with Crippen LogP contribution >= 0.6 is 11.8 Å². The van der Waals surface area contributed by atoms with Gasteiger partial charge in [0.1, 0.15) is 0 Å². The summed E-state index contributed by atoms with van der Waals surface area (Å²) in [5.74, 6) is 1.22. The van der Waals surface area contributed by atoms with Crippen molar-refractivity contribution in [2.75, 3.05) is 14.2 Å². The van der Waals surface area contributed by atoms with Gasteiger partial charge >= 0.3 is 0 Å². The fourth-order valence-corrected chi connectivity index (χ4v) is 4.38. The van der Waals surface area contributed by atoms with E-state index in [2.05, 4.69) is 20.2 Å². The van der Waals surface area contributed by atoms with Crippen LogP contribution in [-0.4, -0.2) is 41.1 Å². The van der Waals surface area contributed by atoms with Crippen LogP contribution in [0, 0.1) is 0 Å². The van der Waals surface area contributed by atoms with Crippen LogP contribution in [0.3, 0.4) is 0 Å². The number of nitrogens with two attached hydrogens (primary N) is 2. The van der Waals surface area contributed by atoms with Gasteiger partial charge in [0.2, 0.25) is 5.96 Å². The second kappa shape index (κ2) is 7.43. The van der Waals surface area contributed by atoms with Crippen LogP contribution < -0.4 is 20.9 Å². The third-order valence-corrected chi connectivity index (χ3v) is 5.58. The number of guanidine groups is 1. The maximum Gasteiger partial charge on any atom is 0.211 e. The molecule has 0 saturated heterocycles. The number of nitrogens with one attached hydrogen (secondary N) is 1. The van der Waals surface area contributed by atoms with Crippen LogP contribution in [0.4, 0.5) is 0 Å². The lowest BCUT2D eigenvalue weighted by Crippen LogP contribution is -2.22. The monoisotopic (exact) mass is 396 g/mol. The van der Waals surface area contributed by atoms with Crippen LogP contribution in [-0.2, 0) is 6.42 Å². The first-order valence-corrected chi connectivity index (χ1v) is 9.50. The minimum atomic E-state index is -0.0890. The largest absolute Gasteiger partial charge is 0.493 e. The molecule has 0 amide bonds. The highest BCUT2D eigenvalue weighted by atomic mass is 32.2. The van der Waals surface area contributed by atoms with Crippen molar-refractivity contribution in [1.82, 2.24) is 9.97 Å². The Balaban J connectivity index is 1.73. The highest BCUT2D eigenvalue weighted by molar-refractivity contribution is 8.00. The fourth-order valence-electron chi connectivity index (χ4n) is 3.25. The van der Waals surface area contributed by atoms with Gasteiger partial charge in [0, 0.05) is 5.56 Å². The van der Waals surface area contributed by atoms with E-state index in [1.54, 1.807) is 26.0 Å². The topological polar surface area (TPSA) is 124 Å². The number of imidazole rings is 1. The first-order chi connectivity index (χ1) is 13.6. The van der Waals surface area contributed by atoms with Gasteiger partial charge in [-0.05, 0) is 36.2 Å². The first kappa shape index (κ1) is 18.2. The maximum absolute atomic E-state index is 5.49. The van der Waals surface area contributed by atoms with Gasteiger partial charge in [-0.3, -0.25) is 0 Å². The van der Waals surface area contributed by atoms with E-state index in [0.717, 1.165) is 39.4 Å². The molecule has 1 aliphatic rings. The van der Waals surface area contributed by atoms with E-state index in [1.807, 2.05) is 36.4 Å². The fraction of sp³-hybridized carbons (Fsp3) is 0.211. The molecule has 1 unspecified atom stereocenters. The Kier molecular flexibility index (Phi) is 4.82. The van der Waals surface area contributed by atoms with Gasteiger partial charge in [-0.15, -0.1) is 5.10 Å². The molecule has 0 bridgehead atoms. The van der Waals surface area contributed by atoms with Gasteiger partial charge in [-0.2, -0.15) is 5.10 Å². The molecule has 1 heterocycles. The number of H-pyrrole nitrogens is 1. The Bertz CT molecular complexity index is 1050. The minimum Gasteiger partial charge on any atom is -0.493 e. The number of hydrogen-bond acceptors (Lipinski definition) is 6. The van der Waals surface area contributed by atoms with E-state index in [1.165, 1.54) is 0 Å². The van der Waals surface area contributed by atoms with Gasteiger partial charge in [0.05, 0.1) is 36.2 Å². The van der Waals surface area contributed by atoms with Crippen molar-refractivity contribution in [3.8, 4) is 11.5 Å². The Labute approximate surface area is 166 Å². The van der Waals surface area contributed by atoms with Gasteiger partial charge in [-0.1, -0.05) is 23.9 Å². The zero-order chi connectivity index (χ0) is 19.7. The average Bonchev–Trinajstić information content (AvgIpc) is 3.24. The summed E-state index contributed by atoms with van der Waals surface area (Å²) in [5.41, 5.74) is 15.7. The quantitative estimate of drug-likeness (QED) is 0.345. The molecule has 0 saturated carbocycles. The molecule has 5 N–H and O–H groups in total. The number of fused-ring (bicyclic) bond motifs is 2. The van der Waals surface area contributed by atoms with E-state index < -0.39 is 0 Å². The number of thioether (sulfide) groups is 1. The highest BCUT2D eigenvalue weighted by Crippen LogP contribution is 2.40. The summed E-state index contributed by atoms with van der Waals surface area (Å²) in [6.07, 6.45) is 0.746. The zero-order valence-electron chi connectivity index (χ0n) is 15.5. The number of ether oxygens (including phenoxy) is 2. The molecule has 28 heavy (non-hydrogen) atoms. The first-order valence-electron chi connectivity index (χ1n) is 8.62. The van der Waals surface area contributed by atoms with Crippen LogP contribution in [0.2, 0.25) is 0 Å². The maximum atomic E-state index is 5.49. The molecule has 2 aromatic carbocycles. The molecule has 1 aromatic heterocycles. The molecule has 8 nitrogen and oxygen atoms in total. The summed E-state index contributed by atoms with van der Waals surface area (Å²) in [7, 11) is 3.22. The van der Waals surface area contributed by atoms with E-state index in [9.17, 15) is 0 Å². The van der Waals surface area contributed by atoms with Crippen molar-refractivity contribution >= 4 is 34.5 Å². The van der Waals surface area contributed by atoms with Gasteiger partial charge in [0.25, 0.3) is 0 Å². The average molecular weight is 396 g/mol. The lowest BCUT2D eigenvalue weighted by atomic mass is 10.1. The Morgan fingerprint density at radius 2 is 1.93 bits per heavy atom.